The van der Waals surface area contributed by atoms with E-state index in [-0.39, 0.29) is 0 Å². The normalized spacial score (nSPS) is 15.5. The van der Waals surface area contributed by atoms with Gasteiger partial charge >= 0.3 is 0 Å². The van der Waals surface area contributed by atoms with Crippen molar-refractivity contribution in [3.05, 3.63) is 48.9 Å². The molecule has 1 aliphatic heterocycles. The third-order valence-corrected chi connectivity index (χ3v) is 4.10. The van der Waals surface area contributed by atoms with Crippen LogP contribution >= 0.6 is 0 Å². The van der Waals surface area contributed by atoms with Crippen LogP contribution in [0.1, 0.15) is 19.3 Å². The highest BCUT2D eigenvalue weighted by atomic mass is 15.2. The van der Waals surface area contributed by atoms with Gasteiger partial charge in [0.15, 0.2) is 5.65 Å². The molecule has 4 rings (SSSR count). The lowest BCUT2D eigenvalue weighted by Crippen LogP contribution is -2.29. The van der Waals surface area contributed by atoms with Crippen molar-refractivity contribution in [3.63, 3.8) is 0 Å². The van der Waals surface area contributed by atoms with Crippen LogP contribution in [0.4, 0.5) is 5.69 Å². The van der Waals surface area contributed by atoms with Crippen molar-refractivity contribution in [2.75, 3.05) is 18.0 Å². The summed E-state index contributed by atoms with van der Waals surface area (Å²) in [5.74, 6) is 0. The van der Waals surface area contributed by atoms with Crippen molar-refractivity contribution in [2.45, 2.75) is 19.3 Å². The first-order chi connectivity index (χ1) is 10.4. The largest absolute Gasteiger partial charge is 0.372 e. The first-order valence-corrected chi connectivity index (χ1v) is 7.47. The highest BCUT2D eigenvalue weighted by Gasteiger charge is 2.10. The number of fused-ring (bicyclic) bond motifs is 1. The van der Waals surface area contributed by atoms with Gasteiger partial charge in [-0.1, -0.05) is 12.1 Å². The summed E-state index contributed by atoms with van der Waals surface area (Å²) in [7, 11) is 0. The van der Waals surface area contributed by atoms with Gasteiger partial charge in [-0.05, 0) is 37.0 Å². The monoisotopic (exact) mass is 277 g/mol. The molecule has 0 unspecified atom stereocenters. The van der Waals surface area contributed by atoms with Crippen molar-refractivity contribution < 1.29 is 0 Å². The van der Waals surface area contributed by atoms with Gasteiger partial charge in [0.05, 0.1) is 12.3 Å². The predicted molar refractivity (Wildman–Crippen MR) is 83.3 cm³/mol. The van der Waals surface area contributed by atoms with E-state index < -0.39 is 0 Å². The molecule has 3 aromatic rings. The van der Waals surface area contributed by atoms with Gasteiger partial charge in [-0.2, -0.15) is 5.10 Å². The molecule has 0 N–H and O–H groups in total. The molecule has 1 radical (unpaired) electrons. The van der Waals surface area contributed by atoms with Gasteiger partial charge in [0, 0.05) is 36.7 Å². The fraction of sp³-hybridized carbons (Fsp3) is 0.294. The molecule has 4 nitrogen and oxygen atoms in total. The molecular weight excluding hydrogens is 260 g/mol. The number of rotatable bonds is 2. The lowest BCUT2D eigenvalue weighted by atomic mass is 10.1. The summed E-state index contributed by atoms with van der Waals surface area (Å²) in [6, 6.07) is 11.7. The molecule has 4 heteroatoms. The molecule has 21 heavy (non-hydrogen) atoms. The number of benzene rings is 1. The average Bonchev–Trinajstić information content (AvgIpc) is 3.03. The zero-order valence-electron chi connectivity index (χ0n) is 11.9. The number of nitrogens with zero attached hydrogens (tertiary/aromatic N) is 4. The fourth-order valence-electron chi connectivity index (χ4n) is 2.92. The quantitative estimate of drug-likeness (QED) is 0.721. The maximum atomic E-state index is 4.36. The molecule has 105 valence electrons. The SMILES string of the molecule is [c]1cnn2cc(-c3ccc(N4CCCCC4)cc3)cnc12. The van der Waals surface area contributed by atoms with E-state index in [1.807, 2.05) is 12.4 Å². The zero-order chi connectivity index (χ0) is 14.1. The summed E-state index contributed by atoms with van der Waals surface area (Å²) in [5.41, 5.74) is 4.31. The van der Waals surface area contributed by atoms with E-state index in [2.05, 4.69) is 45.3 Å². The second kappa shape index (κ2) is 5.20. The Morgan fingerprint density at radius 2 is 1.76 bits per heavy atom. The summed E-state index contributed by atoms with van der Waals surface area (Å²) in [5, 5.41) is 4.19. The number of hydrogen-bond donors (Lipinski definition) is 0. The first kappa shape index (κ1) is 12.4. The Morgan fingerprint density at radius 3 is 2.57 bits per heavy atom. The van der Waals surface area contributed by atoms with E-state index in [0.29, 0.717) is 0 Å². The topological polar surface area (TPSA) is 33.4 Å². The Bertz CT molecular complexity index is 739. The first-order valence-electron chi connectivity index (χ1n) is 7.47. The van der Waals surface area contributed by atoms with Gasteiger partial charge in [0.2, 0.25) is 0 Å². The summed E-state index contributed by atoms with van der Waals surface area (Å²) < 4.78 is 1.76. The van der Waals surface area contributed by atoms with Crippen LogP contribution in [0.15, 0.2) is 42.9 Å². The number of aromatic nitrogens is 3. The van der Waals surface area contributed by atoms with Crippen LogP contribution in [0.5, 0.6) is 0 Å². The molecule has 1 aromatic carbocycles. The van der Waals surface area contributed by atoms with Gasteiger partial charge in [0.25, 0.3) is 0 Å². The predicted octanol–water partition coefficient (Wildman–Crippen LogP) is 3.19. The second-order valence-corrected chi connectivity index (χ2v) is 5.49. The summed E-state index contributed by atoms with van der Waals surface area (Å²) in [6.07, 6.45) is 9.49. The highest BCUT2D eigenvalue weighted by Crippen LogP contribution is 2.24. The second-order valence-electron chi connectivity index (χ2n) is 5.49. The molecule has 0 amide bonds. The Hall–Kier alpha value is -2.36. The smallest absolute Gasteiger partial charge is 0.163 e. The Morgan fingerprint density at radius 1 is 0.952 bits per heavy atom. The number of piperidine rings is 1. The van der Waals surface area contributed by atoms with E-state index in [4.69, 9.17) is 0 Å². The summed E-state index contributed by atoms with van der Waals surface area (Å²) in [4.78, 5) is 6.83. The van der Waals surface area contributed by atoms with Gasteiger partial charge in [0.1, 0.15) is 0 Å². The number of hydrogen-bond acceptors (Lipinski definition) is 3. The fourth-order valence-corrected chi connectivity index (χ4v) is 2.92. The molecule has 1 aliphatic rings. The van der Waals surface area contributed by atoms with Gasteiger partial charge in [-0.3, -0.25) is 0 Å². The molecule has 0 atom stereocenters. The minimum absolute atomic E-state index is 0.753. The third kappa shape index (κ3) is 2.37. The Balaban J connectivity index is 1.62. The van der Waals surface area contributed by atoms with Crippen LogP contribution in [0.2, 0.25) is 0 Å². The molecule has 1 saturated heterocycles. The third-order valence-electron chi connectivity index (χ3n) is 4.10. The van der Waals surface area contributed by atoms with Gasteiger partial charge < -0.3 is 4.90 Å². The van der Waals surface area contributed by atoms with E-state index in [9.17, 15) is 0 Å². The van der Waals surface area contributed by atoms with E-state index in [1.165, 1.54) is 43.6 Å². The van der Waals surface area contributed by atoms with E-state index in [1.54, 1.807) is 10.7 Å². The van der Waals surface area contributed by atoms with E-state index in [0.717, 1.165) is 11.2 Å². The van der Waals surface area contributed by atoms with Crippen LogP contribution in [0, 0.1) is 6.07 Å². The molecule has 0 bridgehead atoms. The minimum Gasteiger partial charge on any atom is -0.372 e. The number of anilines is 1. The lowest BCUT2D eigenvalue weighted by molar-refractivity contribution is 0.578. The van der Waals surface area contributed by atoms with Crippen molar-refractivity contribution in [1.29, 1.82) is 0 Å². The van der Waals surface area contributed by atoms with Crippen molar-refractivity contribution in [3.8, 4) is 11.1 Å². The van der Waals surface area contributed by atoms with Crippen LogP contribution in [0.3, 0.4) is 0 Å². The van der Waals surface area contributed by atoms with Crippen molar-refractivity contribution in [2.24, 2.45) is 0 Å². The van der Waals surface area contributed by atoms with Crippen LogP contribution in [0.25, 0.3) is 16.8 Å². The molecule has 2 aromatic heterocycles. The minimum atomic E-state index is 0.753. The van der Waals surface area contributed by atoms with Gasteiger partial charge in [-0.15, -0.1) is 0 Å². The Kier molecular flexibility index (Phi) is 3.07. The lowest BCUT2D eigenvalue weighted by Gasteiger charge is -2.28. The van der Waals surface area contributed by atoms with Crippen molar-refractivity contribution >= 4 is 11.3 Å². The zero-order valence-corrected chi connectivity index (χ0v) is 11.9. The molecule has 3 heterocycles. The van der Waals surface area contributed by atoms with Crippen molar-refractivity contribution in [1.82, 2.24) is 14.6 Å². The molecular formula is C17H17N4. The molecule has 1 fully saturated rings. The molecule has 0 spiro atoms. The standard InChI is InChI=1S/C17H17N4/c1-2-10-20(11-3-1)16-6-4-14(5-7-16)15-12-18-17-8-9-19-21(17)13-15/h4-7,9,12-13H,1-3,10-11H2. The molecule has 0 aliphatic carbocycles. The van der Waals surface area contributed by atoms with E-state index >= 15 is 0 Å². The van der Waals surface area contributed by atoms with Crippen LogP contribution in [-0.4, -0.2) is 27.7 Å². The summed E-state index contributed by atoms with van der Waals surface area (Å²) >= 11 is 0. The maximum Gasteiger partial charge on any atom is 0.163 e. The average molecular weight is 277 g/mol. The summed E-state index contributed by atoms with van der Waals surface area (Å²) in [6.45, 7) is 2.35. The van der Waals surface area contributed by atoms with Gasteiger partial charge in [-0.25, -0.2) is 9.50 Å². The maximum absolute atomic E-state index is 4.36. The van der Waals surface area contributed by atoms with Crippen LogP contribution in [-0.2, 0) is 0 Å². The van der Waals surface area contributed by atoms with Crippen LogP contribution < -0.4 is 4.90 Å². The molecule has 0 saturated carbocycles. The Labute approximate surface area is 124 Å². The highest BCUT2D eigenvalue weighted by molar-refractivity contribution is 5.66.